The molecule has 0 radical (unpaired) electrons. The van der Waals surface area contributed by atoms with Crippen LogP contribution in [0.1, 0.15) is 27.3 Å². The van der Waals surface area contributed by atoms with Crippen LogP contribution in [0.3, 0.4) is 0 Å². The number of nitrogen functional groups attached to an aromatic ring is 1. The highest BCUT2D eigenvalue weighted by Gasteiger charge is 2.16. The maximum Gasteiger partial charge on any atom is 0.255 e. The van der Waals surface area contributed by atoms with Gasteiger partial charge in [-0.1, -0.05) is 11.6 Å². The second-order valence-electron chi connectivity index (χ2n) is 5.03. The Morgan fingerprint density at radius 1 is 1.43 bits per heavy atom. The Hall–Kier alpha value is -1.92. The monoisotopic (exact) mass is 358 g/mol. The van der Waals surface area contributed by atoms with E-state index in [1.165, 1.54) is 19.2 Å². The van der Waals surface area contributed by atoms with E-state index in [1.54, 1.807) is 4.68 Å². The SMILES string of the molecule is COc1cc(N)c(Cl)cc1C(=O)NCc1c(C)nn(C)c1C.Cl. The summed E-state index contributed by atoms with van der Waals surface area (Å²) >= 11 is 5.98. The van der Waals surface area contributed by atoms with Crippen molar-refractivity contribution in [3.8, 4) is 5.75 Å². The van der Waals surface area contributed by atoms with Gasteiger partial charge in [-0.05, 0) is 19.9 Å². The molecule has 6 nitrogen and oxygen atoms in total. The Morgan fingerprint density at radius 2 is 2.09 bits per heavy atom. The first-order valence-corrected chi connectivity index (χ1v) is 7.13. The molecule has 2 aromatic rings. The van der Waals surface area contributed by atoms with Crippen LogP contribution >= 0.6 is 24.0 Å². The summed E-state index contributed by atoms with van der Waals surface area (Å²) in [5.74, 6) is 0.112. The molecule has 0 unspecified atom stereocenters. The van der Waals surface area contributed by atoms with E-state index in [0.29, 0.717) is 28.6 Å². The summed E-state index contributed by atoms with van der Waals surface area (Å²) in [7, 11) is 3.35. The van der Waals surface area contributed by atoms with Crippen LogP contribution in [0.4, 0.5) is 5.69 Å². The summed E-state index contributed by atoms with van der Waals surface area (Å²) in [5.41, 5.74) is 9.34. The number of hydrogen-bond donors (Lipinski definition) is 2. The van der Waals surface area contributed by atoms with Crippen molar-refractivity contribution >= 4 is 35.6 Å². The molecule has 0 fully saturated rings. The zero-order valence-electron chi connectivity index (χ0n) is 13.4. The van der Waals surface area contributed by atoms with E-state index in [4.69, 9.17) is 22.1 Å². The van der Waals surface area contributed by atoms with Gasteiger partial charge in [-0.25, -0.2) is 0 Å². The highest BCUT2D eigenvalue weighted by atomic mass is 35.5. The number of carbonyl (C=O) groups excluding carboxylic acids is 1. The van der Waals surface area contributed by atoms with Crippen LogP contribution in [0.2, 0.25) is 5.02 Å². The summed E-state index contributed by atoms with van der Waals surface area (Å²) in [6, 6.07) is 3.05. The number of methoxy groups -OCH3 is 1. The summed E-state index contributed by atoms with van der Waals surface area (Å²) in [6.45, 7) is 4.26. The molecule has 0 aliphatic heterocycles. The van der Waals surface area contributed by atoms with Gasteiger partial charge < -0.3 is 15.8 Å². The molecule has 1 aromatic heterocycles. The molecule has 8 heteroatoms. The summed E-state index contributed by atoms with van der Waals surface area (Å²) in [4.78, 5) is 12.4. The second-order valence-corrected chi connectivity index (χ2v) is 5.44. The van der Waals surface area contributed by atoms with Gasteiger partial charge >= 0.3 is 0 Å². The lowest BCUT2D eigenvalue weighted by atomic mass is 10.1. The lowest BCUT2D eigenvalue weighted by molar-refractivity contribution is 0.0948. The summed E-state index contributed by atoms with van der Waals surface area (Å²) in [6.07, 6.45) is 0. The smallest absolute Gasteiger partial charge is 0.255 e. The fourth-order valence-electron chi connectivity index (χ4n) is 2.25. The maximum absolute atomic E-state index is 12.4. The highest BCUT2D eigenvalue weighted by Crippen LogP contribution is 2.28. The van der Waals surface area contributed by atoms with Gasteiger partial charge in [0.1, 0.15) is 5.75 Å². The molecule has 1 aromatic carbocycles. The van der Waals surface area contributed by atoms with Gasteiger partial charge in [-0.3, -0.25) is 9.48 Å². The molecular weight excluding hydrogens is 339 g/mol. The number of rotatable bonds is 4. The lowest BCUT2D eigenvalue weighted by Crippen LogP contribution is -2.24. The molecule has 0 atom stereocenters. The van der Waals surface area contributed by atoms with Gasteiger partial charge in [0.15, 0.2) is 0 Å². The average molecular weight is 359 g/mol. The van der Waals surface area contributed by atoms with E-state index in [1.807, 2.05) is 20.9 Å². The molecule has 0 aliphatic rings. The first-order chi connectivity index (χ1) is 10.3. The number of aryl methyl sites for hydroxylation is 2. The number of anilines is 1. The molecule has 0 bridgehead atoms. The number of nitrogens with one attached hydrogen (secondary N) is 1. The van der Waals surface area contributed by atoms with Crippen LogP contribution in [0.25, 0.3) is 0 Å². The molecule has 0 aliphatic carbocycles. The summed E-state index contributed by atoms with van der Waals surface area (Å²) < 4.78 is 6.98. The zero-order chi connectivity index (χ0) is 16.4. The number of halogens is 2. The first-order valence-electron chi connectivity index (χ1n) is 6.75. The van der Waals surface area contributed by atoms with Gasteiger partial charge in [0.2, 0.25) is 0 Å². The third-order valence-corrected chi connectivity index (χ3v) is 3.98. The van der Waals surface area contributed by atoms with Crippen molar-refractivity contribution in [3.05, 3.63) is 39.7 Å². The molecule has 0 saturated heterocycles. The number of hydrogen-bond acceptors (Lipinski definition) is 4. The van der Waals surface area contributed by atoms with Crippen molar-refractivity contribution in [1.29, 1.82) is 0 Å². The van der Waals surface area contributed by atoms with Crippen molar-refractivity contribution in [1.82, 2.24) is 15.1 Å². The standard InChI is InChI=1S/C15H19ClN4O2.ClH/c1-8-11(9(2)20(3)19-8)7-18-15(21)10-5-12(16)13(17)6-14(10)22-4;/h5-6H,7,17H2,1-4H3,(H,18,21);1H. The largest absolute Gasteiger partial charge is 0.496 e. The molecule has 23 heavy (non-hydrogen) atoms. The number of carbonyl (C=O) groups is 1. The fourth-order valence-corrected chi connectivity index (χ4v) is 2.42. The van der Waals surface area contributed by atoms with E-state index < -0.39 is 0 Å². The van der Waals surface area contributed by atoms with Gasteiger partial charge in [-0.15, -0.1) is 12.4 Å². The van der Waals surface area contributed by atoms with E-state index in [-0.39, 0.29) is 18.3 Å². The van der Waals surface area contributed by atoms with Crippen LogP contribution in [0, 0.1) is 13.8 Å². The molecule has 1 amide bonds. The molecule has 0 saturated carbocycles. The zero-order valence-corrected chi connectivity index (χ0v) is 15.0. The number of nitrogens with two attached hydrogens (primary N) is 1. The number of benzene rings is 1. The van der Waals surface area contributed by atoms with E-state index in [0.717, 1.165) is 17.0 Å². The Kier molecular flexibility index (Phi) is 6.29. The summed E-state index contributed by atoms with van der Waals surface area (Å²) in [5, 5.41) is 7.50. The average Bonchev–Trinajstić information content (AvgIpc) is 2.72. The predicted molar refractivity (Wildman–Crippen MR) is 93.5 cm³/mol. The number of aromatic nitrogens is 2. The highest BCUT2D eigenvalue weighted by molar-refractivity contribution is 6.33. The maximum atomic E-state index is 12.4. The minimum Gasteiger partial charge on any atom is -0.496 e. The van der Waals surface area contributed by atoms with Gasteiger partial charge in [-0.2, -0.15) is 5.10 Å². The topological polar surface area (TPSA) is 82.2 Å². The van der Waals surface area contributed by atoms with Crippen LogP contribution in [0.5, 0.6) is 5.75 Å². The molecule has 0 spiro atoms. The second kappa shape index (κ2) is 7.57. The Balaban J connectivity index is 0.00000264. The number of amides is 1. The molecule has 126 valence electrons. The molecule has 2 rings (SSSR count). The minimum absolute atomic E-state index is 0. The number of ether oxygens (including phenoxy) is 1. The Morgan fingerprint density at radius 3 is 2.61 bits per heavy atom. The first kappa shape index (κ1) is 19.1. The Bertz CT molecular complexity index is 729. The fraction of sp³-hybridized carbons (Fsp3) is 0.333. The van der Waals surface area contributed by atoms with Crippen molar-refractivity contribution in [2.75, 3.05) is 12.8 Å². The Labute approximate surface area is 146 Å². The lowest BCUT2D eigenvalue weighted by Gasteiger charge is -2.11. The minimum atomic E-state index is -0.276. The van der Waals surface area contributed by atoms with E-state index in [2.05, 4.69) is 10.4 Å². The van der Waals surface area contributed by atoms with Crippen LogP contribution in [0.15, 0.2) is 12.1 Å². The van der Waals surface area contributed by atoms with Gasteiger partial charge in [0, 0.05) is 30.9 Å². The van der Waals surface area contributed by atoms with E-state index >= 15 is 0 Å². The van der Waals surface area contributed by atoms with Crippen LogP contribution < -0.4 is 15.8 Å². The predicted octanol–water partition coefficient (Wildman–Crippen LogP) is 2.63. The van der Waals surface area contributed by atoms with E-state index in [9.17, 15) is 4.79 Å². The molecular formula is C15H20Cl2N4O2. The van der Waals surface area contributed by atoms with Crippen molar-refractivity contribution in [2.45, 2.75) is 20.4 Å². The van der Waals surface area contributed by atoms with Crippen LogP contribution in [-0.4, -0.2) is 22.8 Å². The number of nitrogens with zero attached hydrogens (tertiary/aromatic N) is 2. The van der Waals surface area contributed by atoms with Crippen molar-refractivity contribution in [3.63, 3.8) is 0 Å². The van der Waals surface area contributed by atoms with Gasteiger partial charge in [0.25, 0.3) is 5.91 Å². The quantitative estimate of drug-likeness (QED) is 0.823. The van der Waals surface area contributed by atoms with Crippen LogP contribution in [-0.2, 0) is 13.6 Å². The van der Waals surface area contributed by atoms with Crippen molar-refractivity contribution < 1.29 is 9.53 Å². The molecule has 3 N–H and O–H groups in total. The third kappa shape index (κ3) is 3.89. The van der Waals surface area contributed by atoms with Gasteiger partial charge in [0.05, 0.1) is 29.1 Å². The third-order valence-electron chi connectivity index (χ3n) is 3.65. The normalized spacial score (nSPS) is 10.1. The molecule has 1 heterocycles. The van der Waals surface area contributed by atoms with Crippen molar-refractivity contribution in [2.24, 2.45) is 7.05 Å².